The molecule has 1 aromatic rings. The van der Waals surface area contributed by atoms with Crippen LogP contribution in [0, 0.1) is 6.92 Å². The molecule has 5 heteroatoms. The van der Waals surface area contributed by atoms with Crippen LogP contribution in [-0.2, 0) is 9.47 Å². The van der Waals surface area contributed by atoms with Crippen LogP contribution in [0.15, 0.2) is 24.8 Å². The number of hydrogen-bond acceptors (Lipinski definition) is 5. The highest BCUT2D eigenvalue weighted by Gasteiger charge is 2.20. The summed E-state index contributed by atoms with van der Waals surface area (Å²) in [6.45, 7) is 7.28. The molecule has 1 atom stereocenters. The molecule has 0 fully saturated rings. The van der Waals surface area contributed by atoms with Gasteiger partial charge in [0.1, 0.15) is 23.2 Å². The minimum Gasteiger partial charge on any atom is -0.497 e. The first-order valence-electron chi connectivity index (χ1n) is 6.65. The Balaban J connectivity index is 3.07. The van der Waals surface area contributed by atoms with Crippen LogP contribution >= 0.6 is 0 Å². The van der Waals surface area contributed by atoms with Crippen molar-refractivity contribution in [1.82, 2.24) is 0 Å². The van der Waals surface area contributed by atoms with E-state index in [4.69, 9.17) is 18.9 Å². The quantitative estimate of drug-likeness (QED) is 0.419. The Morgan fingerprint density at radius 2 is 2.10 bits per heavy atom. The smallest absolute Gasteiger partial charge is 0.342 e. The summed E-state index contributed by atoms with van der Waals surface area (Å²) < 4.78 is 20.9. The molecule has 0 N–H and O–H groups in total. The van der Waals surface area contributed by atoms with Gasteiger partial charge in [0.05, 0.1) is 7.11 Å². The zero-order valence-corrected chi connectivity index (χ0v) is 13.0. The Labute approximate surface area is 125 Å². The van der Waals surface area contributed by atoms with Gasteiger partial charge in [-0.2, -0.15) is 0 Å². The van der Waals surface area contributed by atoms with Crippen molar-refractivity contribution >= 4 is 5.97 Å². The number of ether oxygens (including phenoxy) is 4. The molecule has 0 aliphatic rings. The van der Waals surface area contributed by atoms with Crippen molar-refractivity contribution < 1.29 is 23.7 Å². The third-order valence-corrected chi connectivity index (χ3v) is 2.85. The molecule has 0 spiro atoms. The first-order chi connectivity index (χ1) is 10.0. The highest BCUT2D eigenvalue weighted by molar-refractivity contribution is 5.94. The molecule has 0 unspecified atom stereocenters. The van der Waals surface area contributed by atoms with Gasteiger partial charge in [-0.3, -0.25) is 0 Å². The van der Waals surface area contributed by atoms with Crippen LogP contribution in [0.1, 0.15) is 29.3 Å². The lowest BCUT2D eigenvalue weighted by Gasteiger charge is -2.17. The molecule has 0 saturated carbocycles. The number of hydrogen-bond donors (Lipinski definition) is 0. The van der Waals surface area contributed by atoms with E-state index in [1.165, 1.54) is 7.11 Å². The average molecular weight is 294 g/mol. The monoisotopic (exact) mass is 294 g/mol. The van der Waals surface area contributed by atoms with Gasteiger partial charge in [0, 0.05) is 19.6 Å². The number of esters is 1. The summed E-state index contributed by atoms with van der Waals surface area (Å²) in [5, 5.41) is 0. The molecule has 5 nitrogen and oxygen atoms in total. The van der Waals surface area contributed by atoms with Gasteiger partial charge in [0.25, 0.3) is 0 Å². The van der Waals surface area contributed by atoms with Gasteiger partial charge in [-0.15, -0.1) is 6.58 Å². The standard InChI is InChI=1S/C16H22O5/c1-6-7-12(3)21-16(17)15-11(2)8-13(19-5)9-14(15)20-10-18-4/h6,8-9,12H,1,7,10H2,2-5H3/t12-/m0/s1. The van der Waals surface area contributed by atoms with Gasteiger partial charge in [0.15, 0.2) is 6.79 Å². The number of benzene rings is 1. The van der Waals surface area contributed by atoms with Gasteiger partial charge in [-0.05, 0) is 25.5 Å². The van der Waals surface area contributed by atoms with Crippen LogP contribution in [0.25, 0.3) is 0 Å². The lowest BCUT2D eigenvalue weighted by Crippen LogP contribution is -2.17. The summed E-state index contributed by atoms with van der Waals surface area (Å²) in [6, 6.07) is 3.40. The summed E-state index contributed by atoms with van der Waals surface area (Å²) >= 11 is 0. The van der Waals surface area contributed by atoms with E-state index in [1.807, 2.05) is 6.92 Å². The van der Waals surface area contributed by atoms with Gasteiger partial charge >= 0.3 is 5.97 Å². The average Bonchev–Trinajstić information content (AvgIpc) is 2.44. The molecule has 116 valence electrons. The zero-order valence-electron chi connectivity index (χ0n) is 13.0. The Bertz CT molecular complexity index is 496. The first kappa shape index (κ1) is 17.0. The number of rotatable bonds is 8. The molecule has 1 rings (SSSR count). The van der Waals surface area contributed by atoms with Crippen LogP contribution in [0.3, 0.4) is 0 Å². The maximum atomic E-state index is 12.3. The maximum absolute atomic E-state index is 12.3. The second kappa shape index (κ2) is 8.32. The highest BCUT2D eigenvalue weighted by atomic mass is 16.7. The topological polar surface area (TPSA) is 54.0 Å². The fraction of sp³-hybridized carbons (Fsp3) is 0.438. The summed E-state index contributed by atoms with van der Waals surface area (Å²) in [5.41, 5.74) is 1.10. The number of carbonyl (C=O) groups is 1. The van der Waals surface area contributed by atoms with E-state index in [9.17, 15) is 4.79 Å². The largest absolute Gasteiger partial charge is 0.497 e. The Morgan fingerprint density at radius 1 is 1.38 bits per heavy atom. The fourth-order valence-electron chi connectivity index (χ4n) is 1.86. The highest BCUT2D eigenvalue weighted by Crippen LogP contribution is 2.29. The second-order valence-corrected chi connectivity index (χ2v) is 4.61. The summed E-state index contributed by atoms with van der Waals surface area (Å²) in [4.78, 5) is 12.3. The predicted molar refractivity (Wildman–Crippen MR) is 79.9 cm³/mol. The SMILES string of the molecule is C=CC[C@H](C)OC(=O)c1c(C)cc(OC)cc1OCOC. The normalized spacial score (nSPS) is 11.6. The van der Waals surface area contributed by atoms with Crippen LogP contribution in [0.2, 0.25) is 0 Å². The van der Waals surface area contributed by atoms with E-state index < -0.39 is 5.97 Å². The van der Waals surface area contributed by atoms with Crippen molar-refractivity contribution in [2.75, 3.05) is 21.0 Å². The zero-order chi connectivity index (χ0) is 15.8. The van der Waals surface area contributed by atoms with E-state index in [1.54, 1.807) is 32.2 Å². The minimum absolute atomic E-state index is 0.0368. The summed E-state index contributed by atoms with van der Waals surface area (Å²) in [5.74, 6) is 0.550. The van der Waals surface area contributed by atoms with E-state index in [0.29, 0.717) is 23.5 Å². The first-order valence-corrected chi connectivity index (χ1v) is 6.65. The van der Waals surface area contributed by atoms with Gasteiger partial charge in [0.2, 0.25) is 0 Å². The van der Waals surface area contributed by atoms with Crippen molar-refractivity contribution in [2.24, 2.45) is 0 Å². The van der Waals surface area contributed by atoms with E-state index in [0.717, 1.165) is 5.56 Å². The molecule has 21 heavy (non-hydrogen) atoms. The Kier molecular flexibility index (Phi) is 6.75. The lowest BCUT2D eigenvalue weighted by molar-refractivity contribution is 0.0313. The van der Waals surface area contributed by atoms with Gasteiger partial charge in [-0.25, -0.2) is 4.79 Å². The summed E-state index contributed by atoms with van der Waals surface area (Å²) in [7, 11) is 3.07. The van der Waals surface area contributed by atoms with Crippen molar-refractivity contribution in [3.05, 3.63) is 35.9 Å². The van der Waals surface area contributed by atoms with E-state index >= 15 is 0 Å². The van der Waals surface area contributed by atoms with Crippen molar-refractivity contribution in [2.45, 2.75) is 26.4 Å². The molecule has 0 heterocycles. The molecule has 0 aromatic heterocycles. The lowest BCUT2D eigenvalue weighted by atomic mass is 10.1. The van der Waals surface area contributed by atoms with Gasteiger partial charge < -0.3 is 18.9 Å². The number of carbonyl (C=O) groups excluding carboxylic acids is 1. The molecular formula is C16H22O5. The third-order valence-electron chi connectivity index (χ3n) is 2.85. The van der Waals surface area contributed by atoms with Crippen molar-refractivity contribution in [1.29, 1.82) is 0 Å². The molecule has 0 aliphatic carbocycles. The summed E-state index contributed by atoms with van der Waals surface area (Å²) in [6.07, 6.45) is 2.06. The molecule has 0 bridgehead atoms. The second-order valence-electron chi connectivity index (χ2n) is 4.61. The Morgan fingerprint density at radius 3 is 2.67 bits per heavy atom. The number of methoxy groups -OCH3 is 2. The molecule has 1 aromatic carbocycles. The number of aryl methyl sites for hydroxylation is 1. The van der Waals surface area contributed by atoms with Crippen LogP contribution < -0.4 is 9.47 Å². The molecule has 0 aliphatic heterocycles. The molecular weight excluding hydrogens is 272 g/mol. The molecule has 0 amide bonds. The Hall–Kier alpha value is -2.01. The van der Waals surface area contributed by atoms with E-state index in [-0.39, 0.29) is 12.9 Å². The van der Waals surface area contributed by atoms with Crippen LogP contribution in [0.4, 0.5) is 0 Å². The van der Waals surface area contributed by atoms with Crippen molar-refractivity contribution in [3.63, 3.8) is 0 Å². The minimum atomic E-state index is -0.435. The molecule has 0 radical (unpaired) electrons. The third kappa shape index (κ3) is 4.79. The van der Waals surface area contributed by atoms with E-state index in [2.05, 4.69) is 6.58 Å². The predicted octanol–water partition coefficient (Wildman–Crippen LogP) is 3.11. The van der Waals surface area contributed by atoms with Gasteiger partial charge in [-0.1, -0.05) is 6.08 Å². The molecule has 0 saturated heterocycles. The van der Waals surface area contributed by atoms with Crippen LogP contribution in [0.5, 0.6) is 11.5 Å². The maximum Gasteiger partial charge on any atom is 0.342 e. The van der Waals surface area contributed by atoms with Crippen LogP contribution in [-0.4, -0.2) is 33.1 Å². The fourth-order valence-corrected chi connectivity index (χ4v) is 1.86. The van der Waals surface area contributed by atoms with Crippen molar-refractivity contribution in [3.8, 4) is 11.5 Å².